The molecule has 0 bridgehead atoms. The molecule has 1 aromatic carbocycles. The number of carbonyl (C=O) groups excluding carboxylic acids is 1. The third-order valence-electron chi connectivity index (χ3n) is 2.21. The van der Waals surface area contributed by atoms with Crippen molar-refractivity contribution in [3.8, 4) is 11.5 Å². The van der Waals surface area contributed by atoms with Gasteiger partial charge in [-0.3, -0.25) is 0 Å². The van der Waals surface area contributed by atoms with E-state index in [1.54, 1.807) is 12.1 Å². The number of rotatable bonds is 3. The van der Waals surface area contributed by atoms with E-state index in [-0.39, 0.29) is 17.2 Å². The van der Waals surface area contributed by atoms with E-state index in [0.717, 1.165) is 0 Å². The Labute approximate surface area is 103 Å². The molecule has 0 amide bonds. The van der Waals surface area contributed by atoms with Gasteiger partial charge in [0, 0.05) is 12.3 Å². The highest BCUT2D eigenvalue weighted by Crippen LogP contribution is 2.23. The molecule has 0 fully saturated rings. The van der Waals surface area contributed by atoms with Crippen molar-refractivity contribution < 1.29 is 18.7 Å². The summed E-state index contributed by atoms with van der Waals surface area (Å²) in [6.07, 6.45) is 1.49. The molecule has 5 heteroatoms. The lowest BCUT2D eigenvalue weighted by atomic mass is 10.3. The Morgan fingerprint density at radius 3 is 2.78 bits per heavy atom. The maximum absolute atomic E-state index is 13.2. The van der Waals surface area contributed by atoms with Crippen LogP contribution in [0.25, 0.3) is 0 Å². The molecule has 1 heterocycles. The van der Waals surface area contributed by atoms with Gasteiger partial charge in [0.1, 0.15) is 11.4 Å². The van der Waals surface area contributed by atoms with E-state index in [4.69, 9.17) is 9.47 Å². The molecule has 0 radical (unpaired) electrons. The first-order valence-electron chi connectivity index (χ1n) is 5.17. The Bertz CT molecular complexity index is 557. The summed E-state index contributed by atoms with van der Waals surface area (Å²) in [6, 6.07) is 8.71. The van der Waals surface area contributed by atoms with Crippen molar-refractivity contribution in [2.24, 2.45) is 0 Å². The quantitative estimate of drug-likeness (QED) is 0.617. The predicted molar refractivity (Wildman–Crippen MR) is 62.1 cm³/mol. The molecule has 1 aromatic heterocycles. The van der Waals surface area contributed by atoms with Crippen LogP contribution >= 0.6 is 0 Å². The van der Waals surface area contributed by atoms with E-state index in [1.165, 1.54) is 37.6 Å². The minimum absolute atomic E-state index is 0.0151. The average molecular weight is 247 g/mol. The Balaban J connectivity index is 2.17. The molecule has 0 saturated heterocycles. The van der Waals surface area contributed by atoms with Crippen molar-refractivity contribution in [1.29, 1.82) is 0 Å². The smallest absolute Gasteiger partial charge is 0.362 e. The van der Waals surface area contributed by atoms with Gasteiger partial charge in [0.15, 0.2) is 11.6 Å². The van der Waals surface area contributed by atoms with Crippen LogP contribution in [0.1, 0.15) is 10.5 Å². The van der Waals surface area contributed by atoms with E-state index in [0.29, 0.717) is 0 Å². The van der Waals surface area contributed by atoms with Crippen molar-refractivity contribution >= 4 is 5.97 Å². The molecule has 0 aliphatic rings. The predicted octanol–water partition coefficient (Wildman–Crippen LogP) is 2.45. The fraction of sp³-hybridized carbons (Fsp3) is 0.0769. The van der Waals surface area contributed by atoms with Crippen LogP contribution in [0.3, 0.4) is 0 Å². The van der Waals surface area contributed by atoms with Crippen molar-refractivity contribution in [3.05, 3.63) is 54.1 Å². The topological polar surface area (TPSA) is 48.4 Å². The molecule has 0 unspecified atom stereocenters. The first kappa shape index (κ1) is 12.0. The lowest BCUT2D eigenvalue weighted by Crippen LogP contribution is -2.10. The van der Waals surface area contributed by atoms with Gasteiger partial charge in [-0.05, 0) is 24.3 Å². The molecule has 0 aliphatic carbocycles. The van der Waals surface area contributed by atoms with Gasteiger partial charge in [0.05, 0.1) is 7.11 Å². The van der Waals surface area contributed by atoms with Gasteiger partial charge in [-0.1, -0.05) is 6.07 Å². The number of carbonyl (C=O) groups is 1. The molecule has 92 valence electrons. The van der Waals surface area contributed by atoms with E-state index in [1.807, 2.05) is 0 Å². The number of halogens is 1. The number of esters is 1. The minimum atomic E-state index is -0.607. The Hall–Kier alpha value is -2.43. The fourth-order valence-corrected chi connectivity index (χ4v) is 1.35. The van der Waals surface area contributed by atoms with Gasteiger partial charge in [-0.2, -0.15) is 0 Å². The average Bonchev–Trinajstić information content (AvgIpc) is 2.42. The molecule has 0 saturated carbocycles. The Kier molecular flexibility index (Phi) is 3.52. The number of ether oxygens (including phenoxy) is 2. The molecular weight excluding hydrogens is 237 g/mol. The molecule has 4 nitrogen and oxygen atoms in total. The fourth-order valence-electron chi connectivity index (χ4n) is 1.35. The number of nitrogens with zero attached hydrogens (tertiary/aromatic N) is 1. The summed E-state index contributed by atoms with van der Waals surface area (Å²) in [4.78, 5) is 15.5. The zero-order valence-electron chi connectivity index (χ0n) is 9.59. The van der Waals surface area contributed by atoms with E-state index in [2.05, 4.69) is 4.98 Å². The third kappa shape index (κ3) is 2.63. The molecule has 18 heavy (non-hydrogen) atoms. The number of benzene rings is 1. The van der Waals surface area contributed by atoms with E-state index in [9.17, 15) is 9.18 Å². The van der Waals surface area contributed by atoms with Crippen LogP contribution in [-0.4, -0.2) is 18.1 Å². The summed E-state index contributed by atoms with van der Waals surface area (Å²) >= 11 is 0. The van der Waals surface area contributed by atoms with Gasteiger partial charge >= 0.3 is 5.97 Å². The second-order valence-electron chi connectivity index (χ2n) is 3.40. The second kappa shape index (κ2) is 5.27. The van der Waals surface area contributed by atoms with Crippen LogP contribution in [0.15, 0.2) is 42.6 Å². The molecule has 2 rings (SSSR count). The van der Waals surface area contributed by atoms with Gasteiger partial charge in [-0.15, -0.1) is 0 Å². The zero-order chi connectivity index (χ0) is 13.0. The first-order chi connectivity index (χ1) is 8.70. The maximum Gasteiger partial charge on any atom is 0.362 e. The van der Waals surface area contributed by atoms with Crippen LogP contribution in [0, 0.1) is 5.82 Å². The van der Waals surface area contributed by atoms with Gasteiger partial charge < -0.3 is 9.47 Å². The SMILES string of the molecule is COc1cc(OC(=O)c2ccccn2)ccc1F. The maximum atomic E-state index is 13.2. The van der Waals surface area contributed by atoms with Crippen molar-refractivity contribution in [1.82, 2.24) is 4.98 Å². The lowest BCUT2D eigenvalue weighted by Gasteiger charge is -2.06. The summed E-state index contributed by atoms with van der Waals surface area (Å²) in [6.45, 7) is 0. The highest BCUT2D eigenvalue weighted by molar-refractivity contribution is 5.88. The highest BCUT2D eigenvalue weighted by atomic mass is 19.1. The van der Waals surface area contributed by atoms with Crippen molar-refractivity contribution in [2.45, 2.75) is 0 Å². The summed E-state index contributed by atoms with van der Waals surface area (Å²) in [5, 5.41) is 0. The van der Waals surface area contributed by atoms with Crippen LogP contribution in [0.4, 0.5) is 4.39 Å². The lowest BCUT2D eigenvalue weighted by molar-refractivity contribution is 0.0728. The largest absolute Gasteiger partial charge is 0.494 e. The van der Waals surface area contributed by atoms with Crippen LogP contribution < -0.4 is 9.47 Å². The van der Waals surface area contributed by atoms with Gasteiger partial charge in [0.25, 0.3) is 0 Å². The summed E-state index contributed by atoms with van der Waals surface area (Å²) in [5.74, 6) is -0.912. The van der Waals surface area contributed by atoms with Crippen LogP contribution in [-0.2, 0) is 0 Å². The number of hydrogen-bond acceptors (Lipinski definition) is 4. The van der Waals surface area contributed by atoms with Gasteiger partial charge in [0.2, 0.25) is 0 Å². The second-order valence-corrected chi connectivity index (χ2v) is 3.40. The first-order valence-corrected chi connectivity index (χ1v) is 5.17. The summed E-state index contributed by atoms with van der Waals surface area (Å²) < 4.78 is 23.0. The van der Waals surface area contributed by atoms with Crippen LogP contribution in [0.5, 0.6) is 11.5 Å². The molecule has 0 spiro atoms. The van der Waals surface area contributed by atoms with E-state index >= 15 is 0 Å². The third-order valence-corrected chi connectivity index (χ3v) is 2.21. The summed E-state index contributed by atoms with van der Waals surface area (Å²) in [7, 11) is 1.34. The number of pyridine rings is 1. The Morgan fingerprint density at radius 2 is 2.11 bits per heavy atom. The number of hydrogen-bond donors (Lipinski definition) is 0. The van der Waals surface area contributed by atoms with Crippen LogP contribution in [0.2, 0.25) is 0 Å². The normalized spacial score (nSPS) is 9.89. The number of aromatic nitrogens is 1. The monoisotopic (exact) mass is 247 g/mol. The molecule has 2 aromatic rings. The van der Waals surface area contributed by atoms with E-state index < -0.39 is 11.8 Å². The molecule has 0 aliphatic heterocycles. The Morgan fingerprint density at radius 1 is 1.28 bits per heavy atom. The van der Waals surface area contributed by atoms with Crippen molar-refractivity contribution in [2.75, 3.05) is 7.11 Å². The zero-order valence-corrected chi connectivity index (χ0v) is 9.59. The number of methoxy groups -OCH3 is 1. The molecule has 0 N–H and O–H groups in total. The molecule has 0 atom stereocenters. The summed E-state index contributed by atoms with van der Waals surface area (Å²) in [5.41, 5.74) is 0.181. The molecular formula is C13H10FNO3. The van der Waals surface area contributed by atoms with Gasteiger partial charge in [-0.25, -0.2) is 14.2 Å². The van der Waals surface area contributed by atoms with Crippen molar-refractivity contribution in [3.63, 3.8) is 0 Å². The minimum Gasteiger partial charge on any atom is -0.494 e. The highest BCUT2D eigenvalue weighted by Gasteiger charge is 2.11. The standard InChI is InChI=1S/C13H10FNO3/c1-17-12-8-9(5-6-10(12)14)18-13(16)11-4-2-3-7-15-11/h2-8H,1H3.